The normalized spacial score (nSPS) is 23.5. The first-order valence-electron chi connectivity index (χ1n) is 5.13. The lowest BCUT2D eigenvalue weighted by atomic mass is 10.1. The molecule has 1 saturated heterocycles. The van der Waals surface area contributed by atoms with Crippen molar-refractivity contribution in [2.24, 2.45) is 5.11 Å². The van der Waals surface area contributed by atoms with Crippen molar-refractivity contribution in [1.29, 1.82) is 0 Å². The lowest BCUT2D eigenvalue weighted by Crippen LogP contribution is -2.45. The number of nitrogens with zero attached hydrogens (tertiary/aromatic N) is 5. The monoisotopic (exact) mass is 197 g/mol. The molecule has 5 heteroatoms. The van der Waals surface area contributed by atoms with Crippen LogP contribution in [0.5, 0.6) is 0 Å². The van der Waals surface area contributed by atoms with Crippen LogP contribution in [0.1, 0.15) is 12.8 Å². The minimum Gasteiger partial charge on any atom is -0.305 e. The fraction of sp³-hybridized carbons (Fsp3) is 1.00. The van der Waals surface area contributed by atoms with Crippen molar-refractivity contribution in [3.63, 3.8) is 0 Å². The third-order valence-corrected chi connectivity index (χ3v) is 2.84. The SMILES string of the molecule is CN1CCCC(N(C)CCN=[N+]=[N-])C1. The van der Waals surface area contributed by atoms with Gasteiger partial charge < -0.3 is 9.80 Å². The first kappa shape index (κ1) is 11.3. The van der Waals surface area contributed by atoms with Crippen molar-refractivity contribution >= 4 is 0 Å². The Kier molecular flexibility index (Phi) is 4.73. The Balaban J connectivity index is 2.28. The lowest BCUT2D eigenvalue weighted by Gasteiger charge is -2.35. The zero-order valence-electron chi connectivity index (χ0n) is 9.06. The molecule has 1 fully saturated rings. The van der Waals surface area contributed by atoms with Crippen molar-refractivity contribution < 1.29 is 0 Å². The first-order valence-corrected chi connectivity index (χ1v) is 5.13. The maximum Gasteiger partial charge on any atom is 0.0385 e. The Morgan fingerprint density at radius 3 is 3.07 bits per heavy atom. The van der Waals surface area contributed by atoms with Crippen LogP contribution in [0.2, 0.25) is 0 Å². The van der Waals surface area contributed by atoms with Gasteiger partial charge in [-0.05, 0) is 39.0 Å². The van der Waals surface area contributed by atoms with Crippen LogP contribution in [-0.2, 0) is 0 Å². The van der Waals surface area contributed by atoms with Gasteiger partial charge in [0.1, 0.15) is 0 Å². The molecule has 1 unspecified atom stereocenters. The molecule has 1 aliphatic rings. The molecule has 1 atom stereocenters. The fourth-order valence-corrected chi connectivity index (χ4v) is 1.93. The Hall–Kier alpha value is -0.770. The van der Waals surface area contributed by atoms with Crippen LogP contribution in [-0.4, -0.2) is 56.1 Å². The Bertz CT molecular complexity index is 211. The van der Waals surface area contributed by atoms with Gasteiger partial charge in [-0.2, -0.15) is 0 Å². The van der Waals surface area contributed by atoms with E-state index in [1.165, 1.54) is 19.4 Å². The van der Waals surface area contributed by atoms with E-state index in [9.17, 15) is 0 Å². The molecular weight excluding hydrogens is 178 g/mol. The van der Waals surface area contributed by atoms with E-state index in [1.807, 2.05) is 0 Å². The largest absolute Gasteiger partial charge is 0.305 e. The molecule has 0 bridgehead atoms. The molecule has 0 N–H and O–H groups in total. The lowest BCUT2D eigenvalue weighted by molar-refractivity contribution is 0.137. The molecule has 0 radical (unpaired) electrons. The summed E-state index contributed by atoms with van der Waals surface area (Å²) in [7, 11) is 4.27. The molecule has 0 saturated carbocycles. The van der Waals surface area contributed by atoms with Gasteiger partial charge in [0.2, 0.25) is 0 Å². The molecule has 0 aliphatic carbocycles. The van der Waals surface area contributed by atoms with E-state index in [1.54, 1.807) is 0 Å². The summed E-state index contributed by atoms with van der Waals surface area (Å²) in [5.41, 5.74) is 8.16. The fourth-order valence-electron chi connectivity index (χ4n) is 1.93. The number of hydrogen-bond donors (Lipinski definition) is 0. The van der Waals surface area contributed by atoms with Crippen LogP contribution >= 0.6 is 0 Å². The van der Waals surface area contributed by atoms with Gasteiger partial charge >= 0.3 is 0 Å². The Morgan fingerprint density at radius 1 is 1.64 bits per heavy atom. The van der Waals surface area contributed by atoms with Crippen molar-refractivity contribution in [1.82, 2.24) is 9.80 Å². The summed E-state index contributed by atoms with van der Waals surface area (Å²) in [6, 6.07) is 0.627. The zero-order chi connectivity index (χ0) is 10.4. The van der Waals surface area contributed by atoms with Gasteiger partial charge in [-0.3, -0.25) is 0 Å². The highest BCUT2D eigenvalue weighted by atomic mass is 15.2. The van der Waals surface area contributed by atoms with Crippen molar-refractivity contribution in [3.05, 3.63) is 10.4 Å². The molecule has 0 spiro atoms. The quantitative estimate of drug-likeness (QED) is 0.388. The molecule has 0 aromatic carbocycles. The molecule has 1 heterocycles. The van der Waals surface area contributed by atoms with Gasteiger partial charge in [0, 0.05) is 30.6 Å². The van der Waals surface area contributed by atoms with E-state index in [0.29, 0.717) is 12.6 Å². The molecular formula is C9H19N5. The maximum absolute atomic E-state index is 8.16. The Labute approximate surface area is 85.3 Å². The average molecular weight is 197 g/mol. The van der Waals surface area contributed by atoms with E-state index >= 15 is 0 Å². The van der Waals surface area contributed by atoms with Gasteiger partial charge in [-0.1, -0.05) is 5.11 Å². The molecule has 80 valence electrons. The highest BCUT2D eigenvalue weighted by Gasteiger charge is 2.20. The minimum absolute atomic E-state index is 0.577. The van der Waals surface area contributed by atoms with Gasteiger partial charge in [-0.25, -0.2) is 0 Å². The van der Waals surface area contributed by atoms with Crippen LogP contribution in [0.3, 0.4) is 0 Å². The van der Waals surface area contributed by atoms with Crippen molar-refractivity contribution in [2.75, 3.05) is 40.3 Å². The van der Waals surface area contributed by atoms with Gasteiger partial charge in [-0.15, -0.1) is 0 Å². The smallest absolute Gasteiger partial charge is 0.0385 e. The predicted octanol–water partition coefficient (Wildman–Crippen LogP) is 1.32. The Morgan fingerprint density at radius 2 is 2.43 bits per heavy atom. The summed E-state index contributed by atoms with van der Waals surface area (Å²) < 4.78 is 0. The number of hydrogen-bond acceptors (Lipinski definition) is 3. The molecule has 1 rings (SSSR count). The summed E-state index contributed by atoms with van der Waals surface area (Å²) in [4.78, 5) is 7.41. The van der Waals surface area contributed by atoms with Crippen LogP contribution < -0.4 is 0 Å². The second kappa shape index (κ2) is 5.86. The van der Waals surface area contributed by atoms with Crippen LogP contribution in [0.25, 0.3) is 10.4 Å². The van der Waals surface area contributed by atoms with E-state index < -0.39 is 0 Å². The number of azide groups is 1. The number of likely N-dealkylation sites (N-methyl/N-ethyl adjacent to an activating group) is 2. The van der Waals surface area contributed by atoms with Crippen molar-refractivity contribution in [3.8, 4) is 0 Å². The van der Waals surface area contributed by atoms with Crippen LogP contribution in [0.15, 0.2) is 5.11 Å². The second-order valence-corrected chi connectivity index (χ2v) is 3.99. The highest BCUT2D eigenvalue weighted by molar-refractivity contribution is 4.77. The average Bonchev–Trinajstić information content (AvgIpc) is 2.18. The van der Waals surface area contributed by atoms with Crippen molar-refractivity contribution in [2.45, 2.75) is 18.9 Å². The molecule has 14 heavy (non-hydrogen) atoms. The van der Waals surface area contributed by atoms with E-state index in [2.05, 4.69) is 33.9 Å². The molecule has 1 aliphatic heterocycles. The van der Waals surface area contributed by atoms with Crippen LogP contribution in [0.4, 0.5) is 0 Å². The van der Waals surface area contributed by atoms with E-state index in [4.69, 9.17) is 5.53 Å². The first-order chi connectivity index (χ1) is 6.74. The minimum atomic E-state index is 0.577. The maximum atomic E-state index is 8.16. The van der Waals surface area contributed by atoms with E-state index in [-0.39, 0.29) is 0 Å². The molecule has 5 nitrogen and oxygen atoms in total. The number of likely N-dealkylation sites (tertiary alicyclic amines) is 1. The molecule has 0 amide bonds. The van der Waals surface area contributed by atoms with Gasteiger partial charge in [0.15, 0.2) is 0 Å². The zero-order valence-corrected chi connectivity index (χ0v) is 9.06. The summed E-state index contributed by atoms with van der Waals surface area (Å²) >= 11 is 0. The third kappa shape index (κ3) is 3.54. The van der Waals surface area contributed by atoms with Crippen LogP contribution in [0, 0.1) is 0 Å². The summed E-state index contributed by atoms with van der Waals surface area (Å²) in [5.74, 6) is 0. The standard InChI is InChI=1S/C9H19N5/c1-13-6-3-4-9(8-13)14(2)7-5-11-12-10/h9H,3-8H2,1-2H3. The summed E-state index contributed by atoms with van der Waals surface area (Å²) in [6.07, 6.45) is 2.53. The number of rotatable bonds is 4. The highest BCUT2D eigenvalue weighted by Crippen LogP contribution is 2.12. The van der Waals surface area contributed by atoms with E-state index in [0.717, 1.165) is 13.1 Å². The molecule has 0 aromatic heterocycles. The van der Waals surface area contributed by atoms with Gasteiger partial charge in [0.25, 0.3) is 0 Å². The number of piperidine rings is 1. The third-order valence-electron chi connectivity index (χ3n) is 2.84. The predicted molar refractivity (Wildman–Crippen MR) is 57.2 cm³/mol. The summed E-state index contributed by atoms with van der Waals surface area (Å²) in [5, 5.41) is 3.55. The second-order valence-electron chi connectivity index (χ2n) is 3.99. The summed E-state index contributed by atoms with van der Waals surface area (Å²) in [6.45, 7) is 3.78. The topological polar surface area (TPSA) is 55.2 Å². The molecule has 0 aromatic rings. The van der Waals surface area contributed by atoms with Gasteiger partial charge in [0.05, 0.1) is 0 Å².